The molecule has 1 N–H and O–H groups in total. The molecule has 0 aliphatic carbocycles. The van der Waals surface area contributed by atoms with Gasteiger partial charge in [0.15, 0.2) is 0 Å². The van der Waals surface area contributed by atoms with Crippen molar-refractivity contribution in [2.75, 3.05) is 0 Å². The highest BCUT2D eigenvalue weighted by molar-refractivity contribution is 9.10. The molecule has 0 atom stereocenters. The maximum atomic E-state index is 10.8. The fourth-order valence-electron chi connectivity index (χ4n) is 1.21. The molecule has 2 nitrogen and oxygen atoms in total. The summed E-state index contributed by atoms with van der Waals surface area (Å²) >= 11 is 8.67. The number of halogens is 2. The summed E-state index contributed by atoms with van der Waals surface area (Å²) in [5.74, 6) is 0. The van der Waals surface area contributed by atoms with Crippen LogP contribution in [0, 0.1) is 0 Å². The van der Waals surface area contributed by atoms with E-state index in [1.165, 1.54) is 0 Å². The number of hydrogen-bond acceptors (Lipinski definition) is 1. The molecule has 66 valence electrons. The molecule has 4 heteroatoms. The number of benzene rings is 1. The minimum Gasteiger partial charge on any atom is -0.351 e. The molecule has 0 radical (unpaired) electrons. The highest BCUT2D eigenvalue weighted by Crippen LogP contribution is 2.20. The maximum Gasteiger partial charge on any atom is 0.268 e. The summed E-state index contributed by atoms with van der Waals surface area (Å²) in [6, 6.07) is 7.47. The fourth-order valence-corrected chi connectivity index (χ4v) is 1.67. The van der Waals surface area contributed by atoms with Gasteiger partial charge in [0.2, 0.25) is 0 Å². The average molecular weight is 259 g/mol. The molecule has 2 aromatic rings. The van der Waals surface area contributed by atoms with Crippen LogP contribution in [0.15, 0.2) is 28.7 Å². The lowest BCUT2D eigenvalue weighted by molar-refractivity contribution is 0.107. The number of carbonyl (C=O) groups is 1. The van der Waals surface area contributed by atoms with E-state index in [1.807, 2.05) is 18.2 Å². The van der Waals surface area contributed by atoms with Crippen molar-refractivity contribution < 1.29 is 4.79 Å². The molecule has 0 unspecified atom stereocenters. The van der Waals surface area contributed by atoms with Gasteiger partial charge in [-0.2, -0.15) is 0 Å². The molecule has 0 saturated heterocycles. The van der Waals surface area contributed by atoms with Gasteiger partial charge in [-0.05, 0) is 29.8 Å². The molecule has 0 amide bonds. The van der Waals surface area contributed by atoms with Crippen molar-refractivity contribution in [3.63, 3.8) is 0 Å². The Kier molecular flexibility index (Phi) is 2.14. The Morgan fingerprint density at radius 2 is 2.15 bits per heavy atom. The van der Waals surface area contributed by atoms with Gasteiger partial charge in [-0.25, -0.2) is 0 Å². The topological polar surface area (TPSA) is 32.9 Å². The summed E-state index contributed by atoms with van der Waals surface area (Å²) in [6.07, 6.45) is 0. The zero-order chi connectivity index (χ0) is 9.42. The van der Waals surface area contributed by atoms with Crippen molar-refractivity contribution >= 4 is 43.7 Å². The summed E-state index contributed by atoms with van der Waals surface area (Å²) in [5, 5.41) is 0.513. The van der Waals surface area contributed by atoms with E-state index in [-0.39, 0.29) is 0 Å². The first-order chi connectivity index (χ1) is 6.16. The molecule has 1 heterocycles. The first-order valence-corrected chi connectivity index (χ1v) is 4.82. The van der Waals surface area contributed by atoms with E-state index in [9.17, 15) is 4.79 Å². The van der Waals surface area contributed by atoms with E-state index >= 15 is 0 Å². The second kappa shape index (κ2) is 3.16. The summed E-state index contributed by atoms with van der Waals surface area (Å²) in [6.45, 7) is 0. The van der Waals surface area contributed by atoms with E-state index in [0.717, 1.165) is 15.4 Å². The molecule has 0 saturated carbocycles. The van der Waals surface area contributed by atoms with Gasteiger partial charge in [0.25, 0.3) is 5.24 Å². The molecule has 1 aromatic heterocycles. The zero-order valence-corrected chi connectivity index (χ0v) is 8.82. The predicted molar refractivity (Wildman–Crippen MR) is 56.2 cm³/mol. The zero-order valence-electron chi connectivity index (χ0n) is 6.47. The maximum absolute atomic E-state index is 10.8. The molecule has 13 heavy (non-hydrogen) atoms. The van der Waals surface area contributed by atoms with Crippen molar-refractivity contribution in [2.24, 2.45) is 0 Å². The number of rotatable bonds is 1. The summed E-state index contributed by atoms with van der Waals surface area (Å²) < 4.78 is 0.968. The second-order valence-electron chi connectivity index (χ2n) is 2.69. The van der Waals surface area contributed by atoms with Crippen molar-refractivity contribution in [3.05, 3.63) is 34.4 Å². The van der Waals surface area contributed by atoms with Crippen LogP contribution >= 0.6 is 27.5 Å². The molecule has 2 rings (SSSR count). The van der Waals surface area contributed by atoms with Gasteiger partial charge in [-0.3, -0.25) is 4.79 Å². The van der Waals surface area contributed by atoms with Gasteiger partial charge < -0.3 is 4.98 Å². The van der Waals surface area contributed by atoms with Crippen LogP contribution in [0.5, 0.6) is 0 Å². The number of aromatic nitrogens is 1. The quantitative estimate of drug-likeness (QED) is 0.782. The minimum absolute atomic E-state index is 0.426. The third-order valence-electron chi connectivity index (χ3n) is 1.80. The van der Waals surface area contributed by atoms with E-state index < -0.39 is 5.24 Å². The standard InChI is InChI=1S/C9H5BrClNO/c10-6-2-1-5-3-8(9(11)13)12-7(5)4-6/h1-4,12H. The molecule has 1 aromatic carbocycles. The van der Waals surface area contributed by atoms with Gasteiger partial charge >= 0.3 is 0 Å². The second-order valence-corrected chi connectivity index (χ2v) is 3.95. The SMILES string of the molecule is O=C(Cl)c1cc2ccc(Br)cc2[nH]1. The number of carbonyl (C=O) groups excluding carboxylic acids is 1. The Morgan fingerprint density at radius 1 is 1.38 bits per heavy atom. The Bertz CT molecular complexity index is 477. The van der Waals surface area contributed by atoms with Gasteiger partial charge in [-0.1, -0.05) is 22.0 Å². The van der Waals surface area contributed by atoms with Crippen LogP contribution in [0.25, 0.3) is 10.9 Å². The largest absolute Gasteiger partial charge is 0.351 e. The van der Waals surface area contributed by atoms with Crippen LogP contribution in [-0.2, 0) is 0 Å². The molecule has 0 aliphatic rings. The molecular weight excluding hydrogens is 253 g/mol. The minimum atomic E-state index is -0.465. The Morgan fingerprint density at radius 3 is 2.85 bits per heavy atom. The highest BCUT2D eigenvalue weighted by atomic mass is 79.9. The summed E-state index contributed by atoms with van der Waals surface area (Å²) in [7, 11) is 0. The van der Waals surface area contributed by atoms with E-state index in [2.05, 4.69) is 20.9 Å². The third-order valence-corrected chi connectivity index (χ3v) is 2.49. The summed E-state index contributed by atoms with van der Waals surface area (Å²) in [5.41, 5.74) is 1.33. The van der Waals surface area contributed by atoms with Gasteiger partial charge in [0.05, 0.1) is 5.69 Å². The lowest BCUT2D eigenvalue weighted by Crippen LogP contribution is -1.85. The third kappa shape index (κ3) is 1.62. The van der Waals surface area contributed by atoms with Crippen molar-refractivity contribution in [2.45, 2.75) is 0 Å². The van der Waals surface area contributed by atoms with Gasteiger partial charge in [-0.15, -0.1) is 0 Å². The van der Waals surface area contributed by atoms with Crippen LogP contribution in [0.1, 0.15) is 10.5 Å². The number of aromatic amines is 1. The monoisotopic (exact) mass is 257 g/mol. The number of fused-ring (bicyclic) bond motifs is 1. The first kappa shape index (κ1) is 8.78. The molecule has 0 spiro atoms. The normalized spacial score (nSPS) is 10.6. The van der Waals surface area contributed by atoms with Gasteiger partial charge in [0.1, 0.15) is 0 Å². The van der Waals surface area contributed by atoms with Crippen molar-refractivity contribution in [1.82, 2.24) is 4.98 Å². The van der Waals surface area contributed by atoms with Crippen LogP contribution in [-0.4, -0.2) is 10.2 Å². The highest BCUT2D eigenvalue weighted by Gasteiger charge is 2.05. The van der Waals surface area contributed by atoms with E-state index in [1.54, 1.807) is 6.07 Å². The molecule has 0 fully saturated rings. The predicted octanol–water partition coefficient (Wildman–Crippen LogP) is 3.31. The van der Waals surface area contributed by atoms with Gasteiger partial charge in [0, 0.05) is 15.4 Å². The Labute approximate surface area is 88.0 Å². The van der Waals surface area contributed by atoms with Crippen molar-refractivity contribution in [1.29, 1.82) is 0 Å². The smallest absolute Gasteiger partial charge is 0.268 e. The lowest BCUT2D eigenvalue weighted by Gasteiger charge is -1.89. The number of H-pyrrole nitrogens is 1. The van der Waals surface area contributed by atoms with Crippen LogP contribution < -0.4 is 0 Å². The average Bonchev–Trinajstić information content (AvgIpc) is 2.46. The summed E-state index contributed by atoms with van der Waals surface area (Å²) in [4.78, 5) is 13.7. The molecular formula is C9H5BrClNO. The van der Waals surface area contributed by atoms with Crippen LogP contribution in [0.2, 0.25) is 0 Å². The van der Waals surface area contributed by atoms with E-state index in [0.29, 0.717) is 5.69 Å². The number of nitrogens with one attached hydrogen (secondary N) is 1. The van der Waals surface area contributed by atoms with Crippen molar-refractivity contribution in [3.8, 4) is 0 Å². The lowest BCUT2D eigenvalue weighted by atomic mass is 10.2. The first-order valence-electron chi connectivity index (χ1n) is 3.65. The Balaban J connectivity index is 2.68. The van der Waals surface area contributed by atoms with E-state index in [4.69, 9.17) is 11.6 Å². The Hall–Kier alpha value is -0.800. The molecule has 0 aliphatic heterocycles. The molecule has 0 bridgehead atoms. The van der Waals surface area contributed by atoms with Crippen LogP contribution in [0.4, 0.5) is 0 Å². The van der Waals surface area contributed by atoms with Crippen LogP contribution in [0.3, 0.4) is 0 Å². The fraction of sp³-hybridized carbons (Fsp3) is 0. The number of hydrogen-bond donors (Lipinski definition) is 1.